The van der Waals surface area contributed by atoms with E-state index in [-0.39, 0.29) is 17.4 Å². The smallest absolute Gasteiger partial charge is 0.252 e. The Morgan fingerprint density at radius 2 is 1.77 bits per heavy atom. The molecule has 1 aromatic carbocycles. The minimum absolute atomic E-state index is 0.0815. The number of hydrogen-bond donors (Lipinski definition) is 0. The SMILES string of the molecule is Cc1cc(F)ccc1N(CC1CC1)[C@H]1CC[C@H](N(C)c2cc(=O)n(C)c3ccc(C#N)nc23)CC1. The maximum Gasteiger partial charge on any atom is 0.252 e. The number of hydrogen-bond acceptors (Lipinski definition) is 5. The number of fused-ring (bicyclic) bond motifs is 1. The van der Waals surface area contributed by atoms with Crippen molar-refractivity contribution in [2.24, 2.45) is 13.0 Å². The third-order valence-corrected chi connectivity index (χ3v) is 7.84. The highest BCUT2D eigenvalue weighted by atomic mass is 19.1. The first-order valence-corrected chi connectivity index (χ1v) is 12.5. The molecule has 0 bridgehead atoms. The number of halogens is 1. The van der Waals surface area contributed by atoms with Crippen LogP contribution in [0.25, 0.3) is 11.0 Å². The highest BCUT2D eigenvalue weighted by molar-refractivity contribution is 5.88. The molecule has 2 saturated carbocycles. The number of pyridine rings is 2. The fraction of sp³-hybridized carbons (Fsp3) is 0.464. The van der Waals surface area contributed by atoms with Crippen molar-refractivity contribution in [2.45, 2.75) is 57.5 Å². The molecule has 2 heterocycles. The monoisotopic (exact) mass is 473 g/mol. The molecule has 0 aliphatic heterocycles. The molecule has 5 rings (SSSR count). The highest BCUT2D eigenvalue weighted by Gasteiger charge is 2.33. The molecule has 0 radical (unpaired) electrons. The van der Waals surface area contributed by atoms with Gasteiger partial charge in [0.25, 0.3) is 5.56 Å². The Hall–Kier alpha value is -3.40. The molecule has 0 N–H and O–H groups in total. The fourth-order valence-electron chi connectivity index (χ4n) is 5.56. The van der Waals surface area contributed by atoms with E-state index in [1.54, 1.807) is 41.9 Å². The number of rotatable bonds is 6. The second kappa shape index (κ2) is 9.33. The molecule has 2 aromatic heterocycles. The number of nitriles is 1. The van der Waals surface area contributed by atoms with Crippen LogP contribution >= 0.6 is 0 Å². The zero-order valence-corrected chi connectivity index (χ0v) is 20.7. The predicted octanol–water partition coefficient (Wildman–Crippen LogP) is 4.92. The van der Waals surface area contributed by atoms with Gasteiger partial charge in [0.15, 0.2) is 0 Å². The van der Waals surface area contributed by atoms with Crippen molar-refractivity contribution in [1.29, 1.82) is 5.26 Å². The average molecular weight is 474 g/mol. The summed E-state index contributed by atoms with van der Waals surface area (Å²) in [7, 11) is 3.77. The van der Waals surface area contributed by atoms with Gasteiger partial charge in [0.1, 0.15) is 23.1 Å². The Balaban J connectivity index is 1.38. The van der Waals surface area contributed by atoms with Crippen LogP contribution in [-0.4, -0.2) is 35.2 Å². The van der Waals surface area contributed by atoms with Gasteiger partial charge in [-0.3, -0.25) is 4.79 Å². The Labute approximate surface area is 205 Å². The lowest BCUT2D eigenvalue weighted by molar-refractivity contribution is 0.365. The zero-order valence-electron chi connectivity index (χ0n) is 20.7. The van der Waals surface area contributed by atoms with Gasteiger partial charge in [-0.05, 0) is 87.3 Å². The molecule has 35 heavy (non-hydrogen) atoms. The number of nitrogens with zero attached hydrogens (tertiary/aromatic N) is 5. The van der Waals surface area contributed by atoms with Crippen LogP contribution in [0.4, 0.5) is 15.8 Å². The summed E-state index contributed by atoms with van der Waals surface area (Å²) in [5.41, 5.74) is 4.62. The largest absolute Gasteiger partial charge is 0.370 e. The summed E-state index contributed by atoms with van der Waals surface area (Å²) in [5, 5.41) is 9.36. The van der Waals surface area contributed by atoms with Crippen molar-refractivity contribution >= 4 is 22.4 Å². The van der Waals surface area contributed by atoms with E-state index in [0.717, 1.165) is 60.6 Å². The van der Waals surface area contributed by atoms with Crippen LogP contribution in [0, 0.1) is 30.0 Å². The first-order chi connectivity index (χ1) is 16.9. The molecular formula is C28H32FN5O. The van der Waals surface area contributed by atoms with Crippen molar-refractivity contribution in [2.75, 3.05) is 23.4 Å². The average Bonchev–Trinajstić information content (AvgIpc) is 3.69. The molecular weight excluding hydrogens is 441 g/mol. The van der Waals surface area contributed by atoms with Crippen molar-refractivity contribution in [1.82, 2.24) is 9.55 Å². The van der Waals surface area contributed by atoms with Crippen LogP contribution in [0.2, 0.25) is 0 Å². The zero-order chi connectivity index (χ0) is 24.7. The van der Waals surface area contributed by atoms with Crippen LogP contribution in [-0.2, 0) is 7.05 Å². The number of aromatic nitrogens is 2. The lowest BCUT2D eigenvalue weighted by atomic mass is 9.88. The fourth-order valence-corrected chi connectivity index (χ4v) is 5.56. The third-order valence-electron chi connectivity index (χ3n) is 7.84. The van der Waals surface area contributed by atoms with E-state index in [0.29, 0.717) is 17.3 Å². The topological polar surface area (TPSA) is 65.2 Å². The van der Waals surface area contributed by atoms with Crippen LogP contribution in [0.15, 0.2) is 41.2 Å². The molecule has 0 saturated heterocycles. The normalized spacial score (nSPS) is 20.0. The lowest BCUT2D eigenvalue weighted by Crippen LogP contribution is -2.44. The molecule has 0 atom stereocenters. The summed E-state index contributed by atoms with van der Waals surface area (Å²) in [4.78, 5) is 21.9. The van der Waals surface area contributed by atoms with E-state index in [2.05, 4.69) is 20.9 Å². The van der Waals surface area contributed by atoms with Gasteiger partial charge in [-0.15, -0.1) is 0 Å². The quantitative estimate of drug-likeness (QED) is 0.509. The first-order valence-electron chi connectivity index (χ1n) is 12.5. The van der Waals surface area contributed by atoms with Gasteiger partial charge >= 0.3 is 0 Å². The molecule has 3 aromatic rings. The predicted molar refractivity (Wildman–Crippen MR) is 137 cm³/mol. The number of aryl methyl sites for hydroxylation is 2. The van der Waals surface area contributed by atoms with Crippen molar-refractivity contribution in [3.05, 3.63) is 63.8 Å². The second-order valence-electron chi connectivity index (χ2n) is 10.2. The van der Waals surface area contributed by atoms with E-state index in [1.807, 2.05) is 20.0 Å². The van der Waals surface area contributed by atoms with Gasteiger partial charge < -0.3 is 14.4 Å². The Morgan fingerprint density at radius 3 is 2.43 bits per heavy atom. The Kier molecular flexibility index (Phi) is 6.22. The standard InChI is InChI=1S/C28H32FN5O/c1-18-14-20(29)6-12-24(18)34(17-19-4-5-19)23-10-8-22(9-11-23)32(2)26-15-27(35)33(3)25-13-7-21(16-30)31-28(25)26/h6-7,12-15,19,22-23H,4-5,8-11,17H2,1-3H3/t22-,23-. The molecule has 2 aliphatic carbocycles. The Bertz CT molecular complexity index is 1350. The highest BCUT2D eigenvalue weighted by Crippen LogP contribution is 2.38. The van der Waals surface area contributed by atoms with Crippen LogP contribution in [0.3, 0.4) is 0 Å². The summed E-state index contributed by atoms with van der Waals surface area (Å²) in [6, 6.07) is 13.1. The van der Waals surface area contributed by atoms with Crippen molar-refractivity contribution < 1.29 is 4.39 Å². The Morgan fingerprint density at radius 1 is 1.06 bits per heavy atom. The summed E-state index contributed by atoms with van der Waals surface area (Å²) >= 11 is 0. The van der Waals surface area contributed by atoms with Crippen LogP contribution < -0.4 is 15.4 Å². The van der Waals surface area contributed by atoms with Gasteiger partial charge in [-0.1, -0.05) is 0 Å². The van der Waals surface area contributed by atoms with Gasteiger partial charge in [-0.2, -0.15) is 5.26 Å². The molecule has 6 nitrogen and oxygen atoms in total. The summed E-state index contributed by atoms with van der Waals surface area (Å²) in [5.74, 6) is 0.560. The van der Waals surface area contributed by atoms with Gasteiger partial charge in [0, 0.05) is 44.5 Å². The third kappa shape index (κ3) is 4.62. The van der Waals surface area contributed by atoms with Crippen molar-refractivity contribution in [3.8, 4) is 6.07 Å². The number of benzene rings is 1. The maximum atomic E-state index is 13.8. The molecule has 0 amide bonds. The van der Waals surface area contributed by atoms with Crippen molar-refractivity contribution in [3.63, 3.8) is 0 Å². The molecule has 7 heteroatoms. The maximum absolute atomic E-state index is 13.8. The van der Waals surface area contributed by atoms with Crippen LogP contribution in [0.1, 0.15) is 49.8 Å². The summed E-state index contributed by atoms with van der Waals surface area (Å²) in [6.07, 6.45) is 6.63. The first kappa shape index (κ1) is 23.3. The molecule has 2 aliphatic rings. The van der Waals surface area contributed by atoms with Gasteiger partial charge in [0.05, 0.1) is 11.2 Å². The van der Waals surface area contributed by atoms with E-state index in [1.165, 1.54) is 12.8 Å². The minimum atomic E-state index is -0.183. The van der Waals surface area contributed by atoms with Gasteiger partial charge in [0.2, 0.25) is 0 Å². The van der Waals surface area contributed by atoms with Crippen LogP contribution in [0.5, 0.6) is 0 Å². The molecule has 0 unspecified atom stereocenters. The minimum Gasteiger partial charge on any atom is -0.370 e. The van der Waals surface area contributed by atoms with Gasteiger partial charge in [-0.25, -0.2) is 9.37 Å². The lowest BCUT2D eigenvalue weighted by Gasteiger charge is -2.42. The molecule has 182 valence electrons. The number of anilines is 2. The van der Waals surface area contributed by atoms with E-state index >= 15 is 0 Å². The summed E-state index contributed by atoms with van der Waals surface area (Å²) in [6.45, 7) is 3.04. The van der Waals surface area contributed by atoms with E-state index in [9.17, 15) is 14.4 Å². The summed E-state index contributed by atoms with van der Waals surface area (Å²) < 4.78 is 15.4. The molecule has 2 fully saturated rings. The second-order valence-corrected chi connectivity index (χ2v) is 10.2. The van der Waals surface area contributed by atoms with E-state index < -0.39 is 0 Å². The molecule has 0 spiro atoms. The van der Waals surface area contributed by atoms with E-state index in [4.69, 9.17) is 0 Å².